The number of hydrogen-bond acceptors (Lipinski definition) is 8. The predicted molar refractivity (Wildman–Crippen MR) is 262 cm³/mol. The number of carboxylic acids is 1. The van der Waals surface area contributed by atoms with Gasteiger partial charge in [-0.25, -0.2) is 4.57 Å². The zero-order chi connectivity index (χ0) is 46.2. The molecule has 4 N–H and O–H groups in total. The Labute approximate surface area is 380 Å². The molecule has 0 spiro atoms. The van der Waals surface area contributed by atoms with E-state index in [4.69, 9.17) is 29.4 Å². The van der Waals surface area contributed by atoms with Gasteiger partial charge in [0.25, 0.3) is 0 Å². The average molecular weight is 894 g/mol. The molecule has 0 radical (unpaired) electrons. The topological polar surface area (TPSA) is 155 Å². The van der Waals surface area contributed by atoms with Crippen LogP contribution in [-0.2, 0) is 32.7 Å². The highest BCUT2D eigenvalue weighted by molar-refractivity contribution is 7.47. The first-order valence-corrected chi connectivity index (χ1v) is 24.4. The van der Waals surface area contributed by atoms with Crippen LogP contribution in [0.2, 0.25) is 0 Å². The second-order valence-corrected chi connectivity index (χ2v) is 15.9. The summed E-state index contributed by atoms with van der Waals surface area (Å²) in [7, 11) is -4.66. The van der Waals surface area contributed by atoms with Gasteiger partial charge in [-0.1, -0.05) is 160 Å². The van der Waals surface area contributed by atoms with Crippen molar-refractivity contribution in [2.24, 2.45) is 5.73 Å². The number of phosphoric acid groups is 1. The molecule has 3 unspecified atom stereocenters. The Hall–Kier alpha value is -4.15. The first-order chi connectivity index (χ1) is 30.7. The van der Waals surface area contributed by atoms with E-state index >= 15 is 0 Å². The van der Waals surface area contributed by atoms with Crippen LogP contribution in [0.5, 0.6) is 0 Å². The summed E-state index contributed by atoms with van der Waals surface area (Å²) >= 11 is 0. The van der Waals surface area contributed by atoms with Gasteiger partial charge < -0.3 is 25.2 Å². The normalized spacial score (nSPS) is 15.1. The number of nitrogens with two attached hydrogens (primary N) is 1. The zero-order valence-corrected chi connectivity index (χ0v) is 39.2. The number of carbonyl (C=O) groups excluding carboxylic acids is 1. The van der Waals surface area contributed by atoms with Gasteiger partial charge in [-0.2, -0.15) is 0 Å². The van der Waals surface area contributed by atoms with E-state index in [1.165, 1.54) is 0 Å². The second kappa shape index (κ2) is 45.9. The molecule has 0 amide bonds. The molecule has 3 atom stereocenters. The average Bonchev–Trinajstić information content (AvgIpc) is 3.26. The fourth-order valence-electron chi connectivity index (χ4n) is 5.15. The van der Waals surface area contributed by atoms with E-state index in [0.717, 1.165) is 103 Å². The smallest absolute Gasteiger partial charge is 0.472 e. The third kappa shape index (κ3) is 45.7. The van der Waals surface area contributed by atoms with E-state index in [1.54, 1.807) is 0 Å². The molecule has 0 fully saturated rings. The number of aliphatic carboxylic acids is 1. The molecule has 10 nitrogen and oxygen atoms in total. The standard InChI is InChI=1S/C52H80NO9P/c1-3-5-7-9-11-13-15-17-19-21-23-25-26-28-30-32-34-36-38-40-42-44-51(54)62-49(47-60-63(57,58)61-48-50(53)52(55)56)46-59-45-43-41-39-37-35-33-31-29-27-24-22-20-18-16-14-12-10-8-6-4-2/h5-8,11-14,17-20,23-25,27-28,30-31,33-34,36-37,39,49-50H,3-4,9-10,15-16,21-22,26,29,32,35,38,40-48,53H2,1-2H3,(H,55,56)(H,57,58)/b7-5-,8-6-,13-11-,14-12-,19-17-,20-18-,25-23-,27-24-,30-28-,33-31-,36-34-,39-37-. The van der Waals surface area contributed by atoms with Gasteiger partial charge in [0.05, 0.1) is 19.8 Å². The predicted octanol–water partition coefficient (Wildman–Crippen LogP) is 13.2. The van der Waals surface area contributed by atoms with Gasteiger partial charge in [0.1, 0.15) is 12.1 Å². The molecular formula is C52H80NO9P. The number of rotatable bonds is 41. The molecule has 0 saturated carbocycles. The van der Waals surface area contributed by atoms with Crippen molar-refractivity contribution in [2.75, 3.05) is 26.4 Å². The molecule has 0 saturated heterocycles. The third-order valence-corrected chi connectivity index (χ3v) is 9.56. The van der Waals surface area contributed by atoms with Crippen LogP contribution in [0, 0.1) is 0 Å². The fourth-order valence-corrected chi connectivity index (χ4v) is 5.93. The summed E-state index contributed by atoms with van der Waals surface area (Å²) < 4.78 is 33.3. The molecule has 0 aromatic carbocycles. The maximum Gasteiger partial charge on any atom is 0.472 e. The molecule has 0 aromatic heterocycles. The van der Waals surface area contributed by atoms with E-state index < -0.39 is 45.1 Å². The number of carbonyl (C=O) groups is 2. The minimum Gasteiger partial charge on any atom is -0.480 e. The van der Waals surface area contributed by atoms with E-state index in [9.17, 15) is 19.0 Å². The molecule has 0 aliphatic heterocycles. The van der Waals surface area contributed by atoms with Gasteiger partial charge in [0.15, 0.2) is 0 Å². The Balaban J connectivity index is 4.46. The van der Waals surface area contributed by atoms with Gasteiger partial charge in [0.2, 0.25) is 0 Å². The van der Waals surface area contributed by atoms with Crippen LogP contribution in [0.1, 0.15) is 129 Å². The van der Waals surface area contributed by atoms with Crippen LogP contribution in [0.3, 0.4) is 0 Å². The number of allylic oxidation sites excluding steroid dienone is 24. The summed E-state index contributed by atoms with van der Waals surface area (Å²) in [5.41, 5.74) is 5.35. The Bertz CT molecular complexity index is 1550. The number of phosphoric ester groups is 1. The highest BCUT2D eigenvalue weighted by Crippen LogP contribution is 2.43. The highest BCUT2D eigenvalue weighted by Gasteiger charge is 2.27. The number of hydrogen-bond donors (Lipinski definition) is 3. The second-order valence-electron chi connectivity index (χ2n) is 14.4. The van der Waals surface area contributed by atoms with Crippen molar-refractivity contribution < 1.29 is 42.7 Å². The Morgan fingerprint density at radius 1 is 0.508 bits per heavy atom. The van der Waals surface area contributed by atoms with Gasteiger partial charge in [-0.05, 0) is 109 Å². The Morgan fingerprint density at radius 3 is 1.24 bits per heavy atom. The summed E-state index contributed by atoms with van der Waals surface area (Å²) in [6.07, 6.45) is 66.3. The van der Waals surface area contributed by atoms with Crippen molar-refractivity contribution in [1.82, 2.24) is 0 Å². The van der Waals surface area contributed by atoms with Crippen molar-refractivity contribution in [1.29, 1.82) is 0 Å². The van der Waals surface area contributed by atoms with E-state index in [1.807, 2.05) is 0 Å². The first-order valence-electron chi connectivity index (χ1n) is 22.9. The summed E-state index contributed by atoms with van der Waals surface area (Å²) in [4.78, 5) is 33.6. The van der Waals surface area contributed by atoms with E-state index in [0.29, 0.717) is 13.0 Å². The molecule has 0 heterocycles. The minimum atomic E-state index is -4.66. The van der Waals surface area contributed by atoms with Crippen molar-refractivity contribution in [3.8, 4) is 0 Å². The number of esters is 1. The van der Waals surface area contributed by atoms with Gasteiger partial charge in [0, 0.05) is 13.0 Å². The molecule has 0 rings (SSSR count). The lowest BCUT2D eigenvalue weighted by Gasteiger charge is -2.20. The lowest BCUT2D eigenvalue weighted by atomic mass is 10.2. The minimum absolute atomic E-state index is 0.0529. The quantitative estimate of drug-likeness (QED) is 0.0234. The summed E-state index contributed by atoms with van der Waals surface area (Å²) in [5, 5.41) is 8.91. The Kier molecular flexibility index (Phi) is 42.8. The lowest BCUT2D eigenvalue weighted by Crippen LogP contribution is -2.34. The van der Waals surface area contributed by atoms with Crippen LogP contribution < -0.4 is 5.73 Å². The largest absolute Gasteiger partial charge is 0.480 e. The van der Waals surface area contributed by atoms with Crippen molar-refractivity contribution in [3.05, 3.63) is 146 Å². The molecular weight excluding hydrogens is 814 g/mol. The lowest BCUT2D eigenvalue weighted by molar-refractivity contribution is -0.154. The van der Waals surface area contributed by atoms with Crippen LogP contribution in [0.4, 0.5) is 0 Å². The zero-order valence-electron chi connectivity index (χ0n) is 38.3. The van der Waals surface area contributed by atoms with Crippen molar-refractivity contribution >= 4 is 19.8 Å². The molecule has 63 heavy (non-hydrogen) atoms. The molecule has 0 aromatic rings. The van der Waals surface area contributed by atoms with Crippen molar-refractivity contribution in [3.63, 3.8) is 0 Å². The fraction of sp³-hybridized carbons (Fsp3) is 0.500. The SMILES string of the molecule is CC/C=C\C/C=C\C/C=C\C/C=C\C/C=C\C/C=C\CCCCC(=O)OC(COCCC/C=C\C/C=C\C/C=C\C/C=C\C/C=C\C/C=C\CC)COP(=O)(O)OCC(N)C(=O)O. The van der Waals surface area contributed by atoms with Gasteiger partial charge >= 0.3 is 19.8 Å². The van der Waals surface area contributed by atoms with E-state index in [2.05, 4.69) is 160 Å². The first kappa shape index (κ1) is 58.9. The molecule has 352 valence electrons. The van der Waals surface area contributed by atoms with Crippen LogP contribution in [0.25, 0.3) is 0 Å². The number of carboxylic acid groups (broad SMARTS) is 1. The maximum absolute atomic E-state index is 12.6. The van der Waals surface area contributed by atoms with E-state index in [-0.39, 0.29) is 13.0 Å². The summed E-state index contributed by atoms with van der Waals surface area (Å²) in [5.74, 6) is -1.87. The highest BCUT2D eigenvalue weighted by atomic mass is 31.2. The molecule has 0 aliphatic rings. The number of unbranched alkanes of at least 4 members (excludes halogenated alkanes) is 3. The van der Waals surface area contributed by atoms with Crippen LogP contribution in [0.15, 0.2) is 146 Å². The third-order valence-electron chi connectivity index (χ3n) is 8.61. The Morgan fingerprint density at radius 2 is 0.857 bits per heavy atom. The van der Waals surface area contributed by atoms with Gasteiger partial charge in [-0.15, -0.1) is 0 Å². The molecule has 0 bridgehead atoms. The number of ether oxygens (including phenoxy) is 2. The van der Waals surface area contributed by atoms with Crippen LogP contribution in [-0.4, -0.2) is 60.5 Å². The summed E-state index contributed by atoms with van der Waals surface area (Å²) in [6, 6.07) is -1.50. The molecule has 0 aliphatic carbocycles. The molecule has 11 heteroatoms. The van der Waals surface area contributed by atoms with Crippen LogP contribution >= 0.6 is 7.82 Å². The van der Waals surface area contributed by atoms with Crippen molar-refractivity contribution in [2.45, 2.75) is 142 Å². The monoisotopic (exact) mass is 894 g/mol. The van der Waals surface area contributed by atoms with Gasteiger partial charge in [-0.3, -0.25) is 18.6 Å². The maximum atomic E-state index is 12.6. The summed E-state index contributed by atoms with van der Waals surface area (Å²) in [6.45, 7) is 3.40.